The molecule has 4 heteroatoms. The van der Waals surface area contributed by atoms with Crippen molar-refractivity contribution >= 4 is 28.2 Å². The van der Waals surface area contributed by atoms with Crippen LogP contribution in [0.3, 0.4) is 0 Å². The van der Waals surface area contributed by atoms with Crippen molar-refractivity contribution in [3.8, 4) is 11.1 Å². The van der Waals surface area contributed by atoms with Gasteiger partial charge in [-0.3, -0.25) is 0 Å². The molecule has 0 saturated heterocycles. The Morgan fingerprint density at radius 2 is 1.58 bits per heavy atom. The first-order valence-corrected chi connectivity index (χ1v) is 8.38. The Hall–Kier alpha value is -3.53. The number of para-hydroxylation sites is 1. The summed E-state index contributed by atoms with van der Waals surface area (Å²) in [5, 5.41) is 13.9. The lowest BCUT2D eigenvalue weighted by Gasteiger charge is -2.10. The molecule has 0 aliphatic rings. The van der Waals surface area contributed by atoms with E-state index in [0.717, 1.165) is 27.7 Å². The number of nitrogens with one attached hydrogen (secondary N) is 1. The number of anilines is 2. The molecule has 4 rings (SSSR count). The van der Waals surface area contributed by atoms with E-state index in [-0.39, 0.29) is 5.69 Å². The number of hydrogen-bond donors (Lipinski definition) is 2. The Kier molecular flexibility index (Phi) is 3.93. The minimum absolute atomic E-state index is 0.247. The summed E-state index contributed by atoms with van der Waals surface area (Å²) in [6, 6.07) is 25.8. The van der Waals surface area contributed by atoms with E-state index in [1.54, 1.807) is 11.6 Å². The summed E-state index contributed by atoms with van der Waals surface area (Å²) < 4.78 is 1.71. The van der Waals surface area contributed by atoms with Crippen LogP contribution in [0.15, 0.2) is 78.9 Å². The molecule has 26 heavy (non-hydrogen) atoms. The molecule has 0 saturated carbocycles. The third-order valence-electron chi connectivity index (χ3n) is 4.55. The van der Waals surface area contributed by atoms with Gasteiger partial charge in [-0.05, 0) is 29.3 Å². The first-order chi connectivity index (χ1) is 12.6. The molecule has 0 aliphatic carbocycles. The highest BCUT2D eigenvalue weighted by Gasteiger charge is 2.20. The lowest BCUT2D eigenvalue weighted by molar-refractivity contribution is 0.0688. The monoisotopic (exact) mass is 342 g/mol. The Balaban J connectivity index is 1.81. The van der Waals surface area contributed by atoms with Gasteiger partial charge in [0.15, 0.2) is 5.69 Å². The molecule has 0 fully saturated rings. The first kappa shape index (κ1) is 16.0. The largest absolute Gasteiger partial charge is 0.477 e. The molecule has 2 N–H and O–H groups in total. The summed E-state index contributed by atoms with van der Waals surface area (Å²) in [5.41, 5.74) is 4.79. The Labute approximate surface area is 151 Å². The summed E-state index contributed by atoms with van der Waals surface area (Å²) in [6.07, 6.45) is 0. The number of carboxylic acid groups (broad SMARTS) is 1. The first-order valence-electron chi connectivity index (χ1n) is 8.38. The van der Waals surface area contributed by atoms with Crippen LogP contribution in [-0.2, 0) is 7.05 Å². The number of aromatic carboxylic acids is 1. The highest BCUT2D eigenvalue weighted by molar-refractivity contribution is 6.07. The zero-order valence-corrected chi connectivity index (χ0v) is 14.3. The zero-order valence-electron chi connectivity index (χ0n) is 14.3. The average Bonchev–Trinajstić information content (AvgIpc) is 2.95. The standard InChI is InChI=1S/C22H18N2O2/c1-24-19-13-6-5-12-18(19)20(21(24)22(25)26)23-17-11-7-10-16(14-17)15-8-3-2-4-9-15/h2-14,23H,1H3,(H,25,26). The molecule has 0 spiro atoms. The molecule has 1 heterocycles. The van der Waals surface area contributed by atoms with Crippen LogP contribution in [0, 0.1) is 0 Å². The second-order valence-electron chi connectivity index (χ2n) is 6.18. The Morgan fingerprint density at radius 3 is 2.35 bits per heavy atom. The minimum atomic E-state index is -0.953. The number of benzene rings is 3. The van der Waals surface area contributed by atoms with E-state index in [9.17, 15) is 9.90 Å². The number of carbonyl (C=O) groups is 1. The number of aryl methyl sites for hydroxylation is 1. The topological polar surface area (TPSA) is 54.3 Å². The van der Waals surface area contributed by atoms with Gasteiger partial charge in [0.25, 0.3) is 0 Å². The molecule has 1 aromatic heterocycles. The summed E-state index contributed by atoms with van der Waals surface area (Å²) in [6.45, 7) is 0. The third-order valence-corrected chi connectivity index (χ3v) is 4.55. The van der Waals surface area contributed by atoms with Crippen LogP contribution < -0.4 is 5.32 Å². The molecule has 0 unspecified atom stereocenters. The Morgan fingerprint density at radius 1 is 0.885 bits per heavy atom. The van der Waals surface area contributed by atoms with Crippen molar-refractivity contribution in [2.45, 2.75) is 0 Å². The lowest BCUT2D eigenvalue weighted by atomic mass is 10.1. The fourth-order valence-electron chi connectivity index (χ4n) is 3.32. The fourth-order valence-corrected chi connectivity index (χ4v) is 3.32. The summed E-state index contributed by atoms with van der Waals surface area (Å²) in [7, 11) is 1.78. The van der Waals surface area contributed by atoms with Gasteiger partial charge in [0.1, 0.15) is 0 Å². The predicted molar refractivity (Wildman–Crippen MR) is 105 cm³/mol. The van der Waals surface area contributed by atoms with Gasteiger partial charge in [0.05, 0.1) is 11.2 Å². The van der Waals surface area contributed by atoms with Crippen LogP contribution in [0.2, 0.25) is 0 Å². The van der Waals surface area contributed by atoms with E-state index in [0.29, 0.717) is 5.69 Å². The van der Waals surface area contributed by atoms with Crippen molar-refractivity contribution in [1.82, 2.24) is 4.57 Å². The van der Waals surface area contributed by atoms with E-state index in [1.165, 1.54) is 0 Å². The van der Waals surface area contributed by atoms with Crippen molar-refractivity contribution in [1.29, 1.82) is 0 Å². The SMILES string of the molecule is Cn1c(C(=O)O)c(Nc2cccc(-c3ccccc3)c2)c2ccccc21. The van der Waals surface area contributed by atoms with Gasteiger partial charge in [-0.2, -0.15) is 0 Å². The van der Waals surface area contributed by atoms with Crippen LogP contribution in [0.4, 0.5) is 11.4 Å². The van der Waals surface area contributed by atoms with Crippen LogP contribution >= 0.6 is 0 Å². The highest BCUT2D eigenvalue weighted by Crippen LogP contribution is 2.33. The number of fused-ring (bicyclic) bond motifs is 1. The van der Waals surface area contributed by atoms with Crippen LogP contribution in [0.25, 0.3) is 22.0 Å². The maximum Gasteiger partial charge on any atom is 0.354 e. The number of hydrogen-bond acceptors (Lipinski definition) is 2. The Bertz CT molecular complexity index is 1100. The average molecular weight is 342 g/mol. The van der Waals surface area contributed by atoms with E-state index in [1.807, 2.05) is 66.7 Å². The van der Waals surface area contributed by atoms with Gasteiger partial charge in [0, 0.05) is 18.1 Å². The molecule has 0 radical (unpaired) electrons. The normalized spacial score (nSPS) is 10.8. The zero-order chi connectivity index (χ0) is 18.1. The van der Waals surface area contributed by atoms with Gasteiger partial charge >= 0.3 is 5.97 Å². The van der Waals surface area contributed by atoms with E-state index < -0.39 is 5.97 Å². The maximum absolute atomic E-state index is 11.8. The van der Waals surface area contributed by atoms with Crippen LogP contribution in [0.5, 0.6) is 0 Å². The summed E-state index contributed by atoms with van der Waals surface area (Å²) in [4.78, 5) is 11.8. The summed E-state index contributed by atoms with van der Waals surface area (Å²) >= 11 is 0. The molecule has 4 nitrogen and oxygen atoms in total. The number of aromatic nitrogens is 1. The minimum Gasteiger partial charge on any atom is -0.477 e. The number of carboxylic acids is 1. The lowest BCUT2D eigenvalue weighted by Crippen LogP contribution is -2.07. The van der Waals surface area contributed by atoms with E-state index in [2.05, 4.69) is 17.4 Å². The molecule has 0 atom stereocenters. The fraction of sp³-hybridized carbons (Fsp3) is 0.0455. The highest BCUT2D eigenvalue weighted by atomic mass is 16.4. The van der Waals surface area contributed by atoms with Gasteiger partial charge in [-0.15, -0.1) is 0 Å². The van der Waals surface area contributed by atoms with Crippen molar-refractivity contribution in [2.24, 2.45) is 7.05 Å². The summed E-state index contributed by atoms with van der Waals surface area (Å²) in [5.74, 6) is -0.953. The van der Waals surface area contributed by atoms with E-state index in [4.69, 9.17) is 0 Å². The second-order valence-corrected chi connectivity index (χ2v) is 6.18. The second kappa shape index (κ2) is 6.41. The maximum atomic E-state index is 11.8. The van der Waals surface area contributed by atoms with Gasteiger partial charge in [0.2, 0.25) is 0 Å². The van der Waals surface area contributed by atoms with Crippen LogP contribution in [0.1, 0.15) is 10.5 Å². The van der Waals surface area contributed by atoms with Crippen molar-refractivity contribution in [3.63, 3.8) is 0 Å². The van der Waals surface area contributed by atoms with Crippen molar-refractivity contribution < 1.29 is 9.90 Å². The van der Waals surface area contributed by atoms with Gasteiger partial charge in [-0.25, -0.2) is 4.79 Å². The predicted octanol–water partition coefficient (Wildman–Crippen LogP) is 5.29. The van der Waals surface area contributed by atoms with Crippen molar-refractivity contribution in [2.75, 3.05) is 5.32 Å². The molecular formula is C22H18N2O2. The smallest absolute Gasteiger partial charge is 0.354 e. The molecular weight excluding hydrogens is 324 g/mol. The molecule has 4 aromatic rings. The number of rotatable bonds is 4. The quantitative estimate of drug-likeness (QED) is 0.530. The molecule has 0 bridgehead atoms. The van der Waals surface area contributed by atoms with E-state index >= 15 is 0 Å². The van der Waals surface area contributed by atoms with Crippen LogP contribution in [-0.4, -0.2) is 15.6 Å². The molecule has 128 valence electrons. The molecule has 3 aromatic carbocycles. The van der Waals surface area contributed by atoms with Crippen molar-refractivity contribution in [3.05, 3.63) is 84.6 Å². The van der Waals surface area contributed by atoms with Gasteiger partial charge in [-0.1, -0.05) is 60.7 Å². The molecule has 0 aliphatic heterocycles. The number of nitrogens with zero attached hydrogens (tertiary/aromatic N) is 1. The third kappa shape index (κ3) is 2.71. The molecule has 0 amide bonds. The van der Waals surface area contributed by atoms with Gasteiger partial charge < -0.3 is 15.0 Å².